The van der Waals surface area contributed by atoms with E-state index in [1.54, 1.807) is 35.1 Å². The highest BCUT2D eigenvalue weighted by Gasteiger charge is 2.17. The molecule has 0 spiro atoms. The van der Waals surface area contributed by atoms with Crippen molar-refractivity contribution < 1.29 is 26.4 Å². The number of carbonyl (C=O) groups is 1. The molecule has 0 aliphatic heterocycles. The van der Waals surface area contributed by atoms with Gasteiger partial charge in [-0.15, -0.1) is 0 Å². The summed E-state index contributed by atoms with van der Waals surface area (Å²) < 4.78 is 59.8. The van der Waals surface area contributed by atoms with E-state index >= 15 is 0 Å². The second kappa shape index (κ2) is 8.19. The number of pyridine rings is 1. The fraction of sp³-hybridized carbons (Fsp3) is 0.176. The fourth-order valence-corrected chi connectivity index (χ4v) is 4.62. The van der Waals surface area contributed by atoms with Crippen molar-refractivity contribution in [1.82, 2.24) is 14.3 Å². The molecule has 0 atom stereocenters. The monoisotopic (exact) mass is 438 g/mol. The van der Waals surface area contributed by atoms with Crippen LogP contribution in [0.15, 0.2) is 59.8 Å². The number of hydrogen-bond acceptors (Lipinski definition) is 7. The van der Waals surface area contributed by atoms with Crippen LogP contribution >= 0.6 is 0 Å². The molecule has 0 saturated heterocycles. The minimum Gasteiger partial charge on any atom is -0.465 e. The molecular weight excluding hydrogens is 420 g/mol. The molecule has 2 aromatic heterocycles. The number of fused-ring (bicyclic) bond motifs is 1. The summed E-state index contributed by atoms with van der Waals surface area (Å²) in [4.78, 5) is 11.3. The summed E-state index contributed by atoms with van der Waals surface area (Å²) in [7, 11) is -6.49. The van der Waals surface area contributed by atoms with Crippen LogP contribution in [0.1, 0.15) is 10.4 Å². The zero-order valence-corrected chi connectivity index (χ0v) is 16.9. The van der Waals surface area contributed by atoms with Gasteiger partial charge in [-0.05, 0) is 42.5 Å². The quantitative estimate of drug-likeness (QED) is 0.497. The molecule has 12 heteroatoms. The van der Waals surface area contributed by atoms with Crippen LogP contribution in [0.5, 0.6) is 0 Å². The Morgan fingerprint density at radius 1 is 1.10 bits per heavy atom. The Bertz CT molecular complexity index is 1230. The van der Waals surface area contributed by atoms with Gasteiger partial charge in [0.2, 0.25) is 20.0 Å². The highest BCUT2D eigenvalue weighted by atomic mass is 32.2. The first-order chi connectivity index (χ1) is 13.7. The topological polar surface area (TPSA) is 136 Å². The molecule has 3 aromatic rings. The summed E-state index contributed by atoms with van der Waals surface area (Å²) in [6.07, 6.45) is 3.19. The van der Waals surface area contributed by atoms with Crippen LogP contribution in [0.2, 0.25) is 0 Å². The Hall–Kier alpha value is -2.96. The van der Waals surface area contributed by atoms with Crippen molar-refractivity contribution >= 4 is 37.2 Å². The normalized spacial score (nSPS) is 12.0. The predicted molar refractivity (Wildman–Crippen MR) is 106 cm³/mol. The molecule has 0 aliphatic carbocycles. The number of carbonyl (C=O) groups excluding carboxylic acids is 1. The molecule has 29 heavy (non-hydrogen) atoms. The highest BCUT2D eigenvalue weighted by molar-refractivity contribution is 7.92. The van der Waals surface area contributed by atoms with Gasteiger partial charge in [-0.3, -0.25) is 4.72 Å². The van der Waals surface area contributed by atoms with Gasteiger partial charge in [-0.1, -0.05) is 0 Å². The van der Waals surface area contributed by atoms with Gasteiger partial charge in [-0.2, -0.15) is 5.10 Å². The van der Waals surface area contributed by atoms with Crippen LogP contribution in [0, 0.1) is 0 Å². The van der Waals surface area contributed by atoms with Crippen molar-refractivity contribution in [2.45, 2.75) is 4.90 Å². The van der Waals surface area contributed by atoms with Crippen molar-refractivity contribution in [3.63, 3.8) is 0 Å². The largest absolute Gasteiger partial charge is 0.465 e. The molecule has 2 N–H and O–H groups in total. The Labute approximate surface area is 167 Å². The standard InChI is InChI=1S/C17H18N4O6S2/c1-27-17(22)13-2-4-16(5-3-13)29(25,26)19-9-11-28(23,24)20-14-7-10-21-15(12-14)6-8-18-21/h2-8,10,12,19-20H,9,11H2,1H3. The van der Waals surface area contributed by atoms with Gasteiger partial charge in [0, 0.05) is 18.9 Å². The lowest BCUT2D eigenvalue weighted by molar-refractivity contribution is 0.0600. The number of nitrogens with one attached hydrogen (secondary N) is 2. The van der Waals surface area contributed by atoms with Crippen LogP contribution in [0.4, 0.5) is 5.69 Å². The summed E-state index contributed by atoms with van der Waals surface area (Å²) in [5.74, 6) is -1.05. The minimum absolute atomic E-state index is 0.0957. The summed E-state index contributed by atoms with van der Waals surface area (Å²) >= 11 is 0. The number of benzene rings is 1. The van der Waals surface area contributed by atoms with Crippen LogP contribution in [-0.2, 0) is 24.8 Å². The number of esters is 1. The molecule has 10 nitrogen and oxygen atoms in total. The van der Waals surface area contributed by atoms with Crippen LogP contribution in [-0.4, -0.2) is 51.8 Å². The minimum atomic E-state index is -3.93. The third kappa shape index (κ3) is 5.10. The zero-order chi connectivity index (χ0) is 21.1. The van der Waals surface area contributed by atoms with Crippen molar-refractivity contribution in [3.05, 3.63) is 60.4 Å². The maximum absolute atomic E-state index is 12.3. The third-order valence-corrected chi connectivity index (χ3v) is 6.69. The Balaban J connectivity index is 1.60. The molecule has 0 aliphatic rings. The lowest BCUT2D eigenvalue weighted by Crippen LogP contribution is -2.31. The Morgan fingerprint density at radius 2 is 1.83 bits per heavy atom. The molecule has 0 fully saturated rings. The van der Waals surface area contributed by atoms with E-state index in [-0.39, 0.29) is 17.0 Å². The first-order valence-electron chi connectivity index (χ1n) is 8.32. The number of nitrogens with zero attached hydrogens (tertiary/aromatic N) is 2. The third-order valence-electron chi connectivity index (χ3n) is 3.92. The summed E-state index contributed by atoms with van der Waals surface area (Å²) in [6.45, 7) is -0.328. The molecular formula is C17H18N4O6S2. The van der Waals surface area contributed by atoms with Crippen molar-refractivity contribution in [1.29, 1.82) is 0 Å². The summed E-state index contributed by atoms with van der Waals surface area (Å²) in [5, 5.41) is 4.02. The first-order valence-corrected chi connectivity index (χ1v) is 11.5. The molecule has 0 unspecified atom stereocenters. The Kier molecular flexibility index (Phi) is 5.86. The van der Waals surface area contributed by atoms with Gasteiger partial charge in [-0.25, -0.2) is 30.9 Å². The van der Waals surface area contributed by atoms with E-state index < -0.39 is 31.8 Å². The van der Waals surface area contributed by atoms with Gasteiger partial charge in [0.25, 0.3) is 0 Å². The first kappa shape index (κ1) is 20.8. The van der Waals surface area contributed by atoms with E-state index in [0.717, 1.165) is 0 Å². The molecule has 0 saturated carbocycles. The lowest BCUT2D eigenvalue weighted by Gasteiger charge is -2.10. The van der Waals surface area contributed by atoms with Crippen molar-refractivity contribution in [2.75, 3.05) is 24.1 Å². The molecule has 1 aromatic carbocycles. The predicted octanol–water partition coefficient (Wildman–Crippen LogP) is 0.841. The highest BCUT2D eigenvalue weighted by Crippen LogP contribution is 2.14. The van der Waals surface area contributed by atoms with Crippen molar-refractivity contribution in [2.24, 2.45) is 0 Å². The number of aromatic nitrogens is 2. The van der Waals surface area contributed by atoms with E-state index in [1.807, 2.05) is 0 Å². The fourth-order valence-electron chi connectivity index (χ4n) is 2.50. The zero-order valence-electron chi connectivity index (χ0n) is 15.3. The van der Waals surface area contributed by atoms with Gasteiger partial charge < -0.3 is 4.74 Å². The second-order valence-corrected chi connectivity index (χ2v) is 9.56. The second-order valence-electron chi connectivity index (χ2n) is 5.95. The van der Waals surface area contributed by atoms with E-state index in [9.17, 15) is 21.6 Å². The molecule has 0 amide bonds. The average molecular weight is 438 g/mol. The van der Waals surface area contributed by atoms with Gasteiger partial charge in [0.15, 0.2) is 0 Å². The number of ether oxygens (including phenoxy) is 1. The SMILES string of the molecule is COC(=O)c1ccc(S(=O)(=O)NCCS(=O)(=O)Nc2ccn3nccc3c2)cc1. The van der Waals surface area contributed by atoms with Crippen molar-refractivity contribution in [3.8, 4) is 0 Å². The van der Waals surface area contributed by atoms with E-state index in [2.05, 4.69) is 19.3 Å². The number of sulfonamides is 2. The lowest BCUT2D eigenvalue weighted by atomic mass is 10.2. The maximum atomic E-state index is 12.3. The van der Waals surface area contributed by atoms with Gasteiger partial charge in [0.1, 0.15) is 0 Å². The number of hydrogen-bond donors (Lipinski definition) is 2. The smallest absolute Gasteiger partial charge is 0.337 e. The van der Waals surface area contributed by atoms with Gasteiger partial charge in [0.05, 0.1) is 34.5 Å². The van der Waals surface area contributed by atoms with Gasteiger partial charge >= 0.3 is 5.97 Å². The van der Waals surface area contributed by atoms with Crippen LogP contribution in [0.25, 0.3) is 5.52 Å². The number of anilines is 1. The van der Waals surface area contributed by atoms with E-state index in [1.165, 1.54) is 31.4 Å². The Morgan fingerprint density at radius 3 is 2.52 bits per heavy atom. The molecule has 154 valence electrons. The molecule has 3 rings (SSSR count). The van der Waals surface area contributed by atoms with E-state index in [4.69, 9.17) is 0 Å². The molecule has 0 bridgehead atoms. The van der Waals surface area contributed by atoms with E-state index in [0.29, 0.717) is 11.2 Å². The summed E-state index contributed by atoms with van der Waals surface area (Å²) in [5.41, 5.74) is 1.26. The van der Waals surface area contributed by atoms with Crippen LogP contribution < -0.4 is 9.44 Å². The maximum Gasteiger partial charge on any atom is 0.337 e. The molecule has 2 heterocycles. The number of rotatable bonds is 8. The number of methoxy groups -OCH3 is 1. The average Bonchev–Trinajstić information content (AvgIpc) is 3.14. The molecule has 0 radical (unpaired) electrons. The summed E-state index contributed by atoms with van der Waals surface area (Å²) in [6, 6.07) is 9.97. The van der Waals surface area contributed by atoms with Crippen LogP contribution in [0.3, 0.4) is 0 Å².